The van der Waals surface area contributed by atoms with E-state index in [4.69, 9.17) is 79.7 Å². The SMILES string of the molecule is CCc1cnc2ncccc2c1N(c1c(CC)cnc2ncccc12)c1cc(N(c2c(CC)cnc3ncccc23)c2c(CC)cnc3ncccc23)c2ccc3c(N(c4c(CC)cnc5ncccc45)c4c(CC)cnc5ncccc45)cc(N(c4c(CC)cnc5ncccc45)c4c(CC)cnc5ncccc45)c4ccc1c2c43. The summed E-state index contributed by atoms with van der Waals surface area (Å²) in [7, 11) is 0. The number of hydrogen-bond donors (Lipinski definition) is 0. The average molecular weight is 1510 g/mol. The fraction of sp³-hybridized carbons (Fsp3) is 0.167. The molecule has 20 heteroatoms. The lowest BCUT2D eigenvalue weighted by atomic mass is 9.88. The van der Waals surface area contributed by atoms with Crippen LogP contribution in [0.15, 0.2) is 233 Å². The number of aromatic nitrogens is 16. The molecule has 0 atom stereocenters. The number of fused-ring (bicyclic) bond motifs is 8. The van der Waals surface area contributed by atoms with Gasteiger partial charge in [0, 0.05) is 175 Å². The quantitative estimate of drug-likeness (QED) is 0.0648. The van der Waals surface area contributed by atoms with Crippen molar-refractivity contribution < 1.29 is 0 Å². The van der Waals surface area contributed by atoms with E-state index in [-0.39, 0.29) is 0 Å². The maximum atomic E-state index is 5.18. The molecule has 20 nitrogen and oxygen atoms in total. The summed E-state index contributed by atoms with van der Waals surface area (Å²) in [6, 6.07) is 47.9. The minimum atomic E-state index is 0.603. The lowest BCUT2D eigenvalue weighted by Gasteiger charge is -2.37. The molecule has 116 heavy (non-hydrogen) atoms. The number of nitrogens with zero attached hydrogens (tertiary/aromatic N) is 20. The molecule has 16 heterocycles. The fourth-order valence-electron chi connectivity index (χ4n) is 17.7. The summed E-state index contributed by atoms with van der Waals surface area (Å²) < 4.78 is 0. The van der Waals surface area contributed by atoms with E-state index in [2.05, 4.69) is 160 Å². The summed E-state index contributed by atoms with van der Waals surface area (Å²) in [5.74, 6) is 0. The standard InChI is InChI=1S/C96H78N20/c1-9-55-47-105-89-67(25-17-37-97-89)81(55)113(82-56(10-2)48-106-90-68(82)26-18-38-98-90)75-45-76(114(83-57(11-3)49-107-91-69(83)27-19-39-99-91)84-58(12-4)50-108-92-70(84)28-20-40-100-92)64-35-36-66-78(116(87-61(15-7)53-111-95-73(87)31-23-43-103-95)88-62(16-8)54-112-96-74(88)32-24-44-104-96)46-77(65-34-33-63(75)79(64)80(65)66)115(85-59(13-5)51-109-93-71(85)29-21-41-101-93)86-60(14-6)52-110-94-72(86)30-22-42-102-94/h17-54H,9-16H2,1-8H3. The topological polar surface area (TPSA) is 219 Å². The van der Waals surface area contributed by atoms with Crippen molar-refractivity contribution in [3.8, 4) is 0 Å². The summed E-state index contributed by atoms with van der Waals surface area (Å²) in [6.45, 7) is 17.7. The summed E-state index contributed by atoms with van der Waals surface area (Å²) in [6.07, 6.45) is 35.7. The Balaban J connectivity index is 1.09. The van der Waals surface area contributed by atoms with Gasteiger partial charge in [-0.1, -0.05) is 79.7 Å². The molecule has 0 amide bonds. The maximum Gasteiger partial charge on any atom is 0.161 e. The van der Waals surface area contributed by atoms with E-state index < -0.39 is 0 Å². The molecular weight excluding hydrogens is 1430 g/mol. The minimum absolute atomic E-state index is 0.603. The van der Waals surface area contributed by atoms with Crippen LogP contribution >= 0.6 is 0 Å². The van der Waals surface area contributed by atoms with E-state index in [9.17, 15) is 0 Å². The summed E-state index contributed by atoms with van der Waals surface area (Å²) in [4.78, 5) is 92.2. The monoisotopic (exact) mass is 1510 g/mol. The van der Waals surface area contributed by atoms with Gasteiger partial charge < -0.3 is 19.6 Å². The Kier molecular flexibility index (Phi) is 17.7. The predicted octanol–water partition coefficient (Wildman–Crippen LogP) is 22.5. The van der Waals surface area contributed by atoms with Gasteiger partial charge in [-0.25, -0.2) is 79.7 Å². The first-order valence-corrected chi connectivity index (χ1v) is 40.1. The molecule has 562 valence electrons. The highest BCUT2D eigenvalue weighted by atomic mass is 15.2. The Morgan fingerprint density at radius 3 is 0.466 bits per heavy atom. The Morgan fingerprint density at radius 2 is 0.328 bits per heavy atom. The van der Waals surface area contributed by atoms with Crippen molar-refractivity contribution >= 4 is 189 Å². The van der Waals surface area contributed by atoms with Gasteiger partial charge in [0.25, 0.3) is 0 Å². The Bertz CT molecular complexity index is 6150. The van der Waals surface area contributed by atoms with Crippen molar-refractivity contribution in [2.75, 3.05) is 19.6 Å². The van der Waals surface area contributed by atoms with E-state index in [1.807, 2.05) is 148 Å². The van der Waals surface area contributed by atoms with Crippen LogP contribution in [0.4, 0.5) is 68.2 Å². The third kappa shape index (κ3) is 11.1. The van der Waals surface area contributed by atoms with Crippen molar-refractivity contribution in [3.63, 3.8) is 0 Å². The van der Waals surface area contributed by atoms with E-state index in [0.29, 0.717) is 96.5 Å². The van der Waals surface area contributed by atoms with Gasteiger partial charge in [0.05, 0.1) is 68.2 Å². The van der Waals surface area contributed by atoms with Crippen LogP contribution in [0.3, 0.4) is 0 Å². The molecule has 16 aromatic heterocycles. The van der Waals surface area contributed by atoms with Gasteiger partial charge in [-0.3, -0.25) is 0 Å². The highest BCUT2D eigenvalue weighted by Crippen LogP contribution is 2.60. The lowest BCUT2D eigenvalue weighted by Crippen LogP contribution is -2.20. The first-order chi connectivity index (χ1) is 57.3. The van der Waals surface area contributed by atoms with Crippen LogP contribution in [-0.4, -0.2) is 79.7 Å². The van der Waals surface area contributed by atoms with Crippen LogP contribution in [0.1, 0.15) is 99.9 Å². The molecule has 0 saturated carbocycles. The second-order valence-corrected chi connectivity index (χ2v) is 29.1. The summed E-state index contributed by atoms with van der Waals surface area (Å²) >= 11 is 0. The Labute approximate surface area is 668 Å². The van der Waals surface area contributed by atoms with Crippen molar-refractivity contribution in [1.29, 1.82) is 0 Å². The first kappa shape index (κ1) is 70.7. The fourth-order valence-corrected chi connectivity index (χ4v) is 17.7. The number of rotatable bonds is 20. The number of aryl methyl sites for hydroxylation is 8. The average Bonchev–Trinajstić information content (AvgIpc) is 0.689. The molecule has 20 rings (SSSR count). The molecule has 0 bridgehead atoms. The number of pyridine rings is 16. The van der Waals surface area contributed by atoms with Crippen molar-refractivity contribution in [2.24, 2.45) is 0 Å². The molecule has 0 aliphatic rings. The number of hydrogen-bond acceptors (Lipinski definition) is 20. The van der Waals surface area contributed by atoms with Crippen molar-refractivity contribution in [1.82, 2.24) is 79.7 Å². The van der Waals surface area contributed by atoms with E-state index >= 15 is 0 Å². The molecule has 0 radical (unpaired) electrons. The third-order valence-corrected chi connectivity index (χ3v) is 23.1. The van der Waals surface area contributed by atoms with Crippen LogP contribution in [0, 0.1) is 0 Å². The lowest BCUT2D eigenvalue weighted by molar-refractivity contribution is 1.06. The second kappa shape index (κ2) is 29.0. The highest BCUT2D eigenvalue weighted by Gasteiger charge is 2.37. The van der Waals surface area contributed by atoms with Gasteiger partial charge in [0.15, 0.2) is 45.2 Å². The van der Waals surface area contributed by atoms with Crippen LogP contribution in [0.2, 0.25) is 0 Å². The zero-order chi connectivity index (χ0) is 78.4. The van der Waals surface area contributed by atoms with Gasteiger partial charge in [-0.15, -0.1) is 0 Å². The van der Waals surface area contributed by atoms with E-state index in [1.165, 1.54) is 0 Å². The largest absolute Gasteiger partial charge is 0.308 e. The minimum Gasteiger partial charge on any atom is -0.308 e. The van der Waals surface area contributed by atoms with Crippen LogP contribution in [0.5, 0.6) is 0 Å². The van der Waals surface area contributed by atoms with Gasteiger partial charge in [0.1, 0.15) is 0 Å². The smallest absolute Gasteiger partial charge is 0.161 e. The second-order valence-electron chi connectivity index (χ2n) is 29.1. The maximum absolute atomic E-state index is 5.18. The molecule has 4 aromatic carbocycles. The number of benzene rings is 4. The van der Waals surface area contributed by atoms with Gasteiger partial charge >= 0.3 is 0 Å². The highest BCUT2D eigenvalue weighted by molar-refractivity contribution is 6.34. The molecular formula is C96H78N20. The third-order valence-electron chi connectivity index (χ3n) is 23.1. The Hall–Kier alpha value is -14.4. The molecule has 0 spiro atoms. The van der Waals surface area contributed by atoms with Crippen LogP contribution in [0.25, 0.3) is 121 Å². The summed E-state index contributed by atoms with van der Waals surface area (Å²) in [5, 5.41) is 12.7. The predicted molar refractivity (Wildman–Crippen MR) is 469 cm³/mol. The normalized spacial score (nSPS) is 11.9. The van der Waals surface area contributed by atoms with Crippen LogP contribution < -0.4 is 19.6 Å². The van der Waals surface area contributed by atoms with E-state index in [1.54, 1.807) is 0 Å². The number of anilines is 12. The molecule has 0 aliphatic carbocycles. The molecule has 0 N–H and O–H groups in total. The van der Waals surface area contributed by atoms with Crippen molar-refractivity contribution in [2.45, 2.75) is 107 Å². The van der Waals surface area contributed by atoms with Crippen molar-refractivity contribution in [3.05, 3.63) is 277 Å². The molecule has 0 aliphatic heterocycles. The zero-order valence-corrected chi connectivity index (χ0v) is 65.5. The van der Waals surface area contributed by atoms with Gasteiger partial charge in [-0.05, 0) is 205 Å². The summed E-state index contributed by atoms with van der Waals surface area (Å²) in [5.41, 5.74) is 23.8. The van der Waals surface area contributed by atoms with Gasteiger partial charge in [0.2, 0.25) is 0 Å². The van der Waals surface area contributed by atoms with E-state index in [0.717, 1.165) is 188 Å². The molecule has 0 saturated heterocycles. The molecule has 0 fully saturated rings. The zero-order valence-electron chi connectivity index (χ0n) is 65.5. The molecule has 20 aromatic rings. The Morgan fingerprint density at radius 1 is 0.181 bits per heavy atom. The molecule has 0 unspecified atom stereocenters. The first-order valence-electron chi connectivity index (χ1n) is 40.1. The van der Waals surface area contributed by atoms with Crippen LogP contribution in [-0.2, 0) is 51.4 Å². The van der Waals surface area contributed by atoms with Gasteiger partial charge in [-0.2, -0.15) is 0 Å².